The summed E-state index contributed by atoms with van der Waals surface area (Å²) in [4.78, 5) is 1.84. The van der Waals surface area contributed by atoms with Crippen molar-refractivity contribution in [3.63, 3.8) is 0 Å². The third kappa shape index (κ3) is 4.01. The minimum Gasteiger partial charge on any atom is -0.384 e. The van der Waals surface area contributed by atoms with Crippen LogP contribution in [0.5, 0.6) is 0 Å². The Morgan fingerprint density at radius 2 is 2.03 bits per heavy atom. The van der Waals surface area contributed by atoms with Gasteiger partial charge in [0.25, 0.3) is 10.2 Å². The van der Waals surface area contributed by atoms with Crippen LogP contribution in [0.15, 0.2) is 18.2 Å². The van der Waals surface area contributed by atoms with Gasteiger partial charge in [0, 0.05) is 58.5 Å². The third-order valence-electron chi connectivity index (χ3n) is 6.11. The number of nitriles is 1. The van der Waals surface area contributed by atoms with Crippen LogP contribution in [-0.4, -0.2) is 71.0 Å². The summed E-state index contributed by atoms with van der Waals surface area (Å²) < 4.78 is 73.3. The fraction of sp³-hybridized carbons (Fsp3) is 0.632. The van der Waals surface area contributed by atoms with Gasteiger partial charge in [-0.3, -0.25) is 0 Å². The molecule has 0 radical (unpaired) electrons. The van der Waals surface area contributed by atoms with Crippen LogP contribution in [0.4, 0.5) is 18.9 Å². The first-order valence-electron chi connectivity index (χ1n) is 9.47. The van der Waals surface area contributed by atoms with Crippen LogP contribution in [0, 0.1) is 22.7 Å². The number of hydrogen-bond acceptors (Lipinski definition) is 5. The van der Waals surface area contributed by atoms with Crippen molar-refractivity contribution < 1.29 is 26.3 Å². The van der Waals surface area contributed by atoms with Gasteiger partial charge in [0.05, 0.1) is 23.8 Å². The van der Waals surface area contributed by atoms with E-state index in [1.54, 1.807) is 13.2 Å². The fourth-order valence-corrected chi connectivity index (χ4v) is 5.63. The minimum absolute atomic E-state index is 0.0918. The van der Waals surface area contributed by atoms with Crippen LogP contribution >= 0.6 is 0 Å². The average Bonchev–Trinajstić information content (AvgIpc) is 3.05. The molecule has 7 nitrogen and oxygen atoms in total. The summed E-state index contributed by atoms with van der Waals surface area (Å²) in [5, 5.41) is 9.02. The highest BCUT2D eigenvalue weighted by Crippen LogP contribution is 2.46. The van der Waals surface area contributed by atoms with Crippen LogP contribution in [0.25, 0.3) is 0 Å². The minimum atomic E-state index is -4.63. The van der Waals surface area contributed by atoms with E-state index in [-0.39, 0.29) is 17.9 Å². The Balaban J connectivity index is 1.92. The smallest absolute Gasteiger partial charge is 0.384 e. The molecule has 3 rings (SSSR count). The second-order valence-corrected chi connectivity index (χ2v) is 10.3. The molecule has 30 heavy (non-hydrogen) atoms. The number of hydrogen-bond donors (Lipinski definition) is 0. The Bertz CT molecular complexity index is 945. The van der Waals surface area contributed by atoms with Crippen molar-refractivity contribution in [1.82, 2.24) is 8.61 Å². The predicted octanol–water partition coefficient (Wildman–Crippen LogP) is 2.16. The zero-order valence-corrected chi connectivity index (χ0v) is 17.9. The highest BCUT2D eigenvalue weighted by molar-refractivity contribution is 7.86. The molecule has 0 spiro atoms. The molecule has 11 heteroatoms. The van der Waals surface area contributed by atoms with Crippen LogP contribution < -0.4 is 4.90 Å². The number of piperidine rings is 1. The lowest BCUT2D eigenvalue weighted by atomic mass is 9.74. The Hall–Kier alpha value is -1.87. The van der Waals surface area contributed by atoms with E-state index in [0.29, 0.717) is 38.3 Å². The first kappa shape index (κ1) is 22.8. The lowest BCUT2D eigenvalue weighted by molar-refractivity contribution is -0.137. The van der Waals surface area contributed by atoms with Crippen molar-refractivity contribution in [3.05, 3.63) is 29.3 Å². The van der Waals surface area contributed by atoms with Gasteiger partial charge in [0.1, 0.15) is 0 Å². The molecule has 2 aliphatic rings. The van der Waals surface area contributed by atoms with Crippen LogP contribution in [0.1, 0.15) is 17.5 Å². The van der Waals surface area contributed by atoms with E-state index < -0.39 is 27.5 Å². The van der Waals surface area contributed by atoms with E-state index in [1.807, 2.05) is 4.90 Å². The number of alkyl halides is 3. The van der Waals surface area contributed by atoms with E-state index in [0.717, 1.165) is 6.07 Å². The Labute approximate surface area is 174 Å². The maximum absolute atomic E-state index is 13.4. The molecule has 0 N–H and O–H groups in total. The van der Waals surface area contributed by atoms with Gasteiger partial charge in [0.15, 0.2) is 0 Å². The molecule has 0 bridgehead atoms. The topological polar surface area (TPSA) is 76.9 Å². The molecule has 2 saturated heterocycles. The van der Waals surface area contributed by atoms with Crippen LogP contribution in [0.3, 0.4) is 0 Å². The van der Waals surface area contributed by atoms with Gasteiger partial charge in [-0.2, -0.15) is 35.5 Å². The Kier molecular flexibility index (Phi) is 6.08. The summed E-state index contributed by atoms with van der Waals surface area (Å²) in [6, 6.07) is 5.30. The van der Waals surface area contributed by atoms with Crippen molar-refractivity contribution in [3.8, 4) is 6.07 Å². The number of ether oxygens (including phenoxy) is 1. The molecule has 0 saturated carbocycles. The molecular weight excluding hydrogens is 421 g/mol. The third-order valence-corrected chi connectivity index (χ3v) is 8.02. The van der Waals surface area contributed by atoms with E-state index >= 15 is 0 Å². The summed E-state index contributed by atoms with van der Waals surface area (Å²) >= 11 is 0. The molecular formula is C19H25F3N4O3S. The highest BCUT2D eigenvalue weighted by Gasteiger charge is 2.51. The number of halogens is 3. The second kappa shape index (κ2) is 8.00. The van der Waals surface area contributed by atoms with E-state index in [4.69, 9.17) is 10.00 Å². The molecule has 0 aliphatic carbocycles. The quantitative estimate of drug-likeness (QED) is 0.693. The predicted molar refractivity (Wildman–Crippen MR) is 105 cm³/mol. The van der Waals surface area contributed by atoms with Crippen molar-refractivity contribution in [2.45, 2.75) is 12.6 Å². The van der Waals surface area contributed by atoms with Gasteiger partial charge >= 0.3 is 6.18 Å². The van der Waals surface area contributed by atoms with Crippen molar-refractivity contribution in [2.75, 3.05) is 58.9 Å². The summed E-state index contributed by atoms with van der Waals surface area (Å²) in [5.41, 5.74) is -1.36. The van der Waals surface area contributed by atoms with Crippen molar-refractivity contribution in [2.24, 2.45) is 11.3 Å². The monoisotopic (exact) mass is 446 g/mol. The first-order chi connectivity index (χ1) is 13.9. The normalized spacial score (nSPS) is 25.4. The van der Waals surface area contributed by atoms with E-state index in [1.165, 1.54) is 34.8 Å². The summed E-state index contributed by atoms with van der Waals surface area (Å²) in [6.45, 7) is 1.88. The molecule has 1 aromatic carbocycles. The van der Waals surface area contributed by atoms with Gasteiger partial charge < -0.3 is 9.64 Å². The van der Waals surface area contributed by atoms with E-state index in [2.05, 4.69) is 0 Å². The highest BCUT2D eigenvalue weighted by atomic mass is 32.2. The molecule has 2 fully saturated rings. The number of fused-ring (bicyclic) bond motifs is 1. The van der Waals surface area contributed by atoms with Gasteiger partial charge in [-0.15, -0.1) is 0 Å². The zero-order chi connectivity index (χ0) is 22.3. The fourth-order valence-electron chi connectivity index (χ4n) is 4.47. The summed E-state index contributed by atoms with van der Waals surface area (Å²) in [5.74, 6) is -0.0918. The number of benzene rings is 1. The molecule has 166 valence electrons. The number of methoxy groups -OCH3 is 1. The Morgan fingerprint density at radius 1 is 1.33 bits per heavy atom. The van der Waals surface area contributed by atoms with Crippen LogP contribution in [-0.2, 0) is 21.1 Å². The molecule has 1 aromatic rings. The summed E-state index contributed by atoms with van der Waals surface area (Å²) in [7, 11) is 0.945. The Morgan fingerprint density at radius 3 is 2.60 bits per heavy atom. The summed E-state index contributed by atoms with van der Waals surface area (Å²) in [6.07, 6.45) is -4.08. The first-order valence-corrected chi connectivity index (χ1v) is 10.9. The largest absolute Gasteiger partial charge is 0.417 e. The molecule has 2 heterocycles. The van der Waals surface area contributed by atoms with Gasteiger partial charge in [0.2, 0.25) is 0 Å². The maximum atomic E-state index is 13.4. The zero-order valence-electron chi connectivity index (χ0n) is 17.1. The lowest BCUT2D eigenvalue weighted by Gasteiger charge is -2.42. The number of rotatable bonds is 5. The average molecular weight is 446 g/mol. The van der Waals surface area contributed by atoms with Gasteiger partial charge in [-0.05, 0) is 30.5 Å². The molecule has 2 unspecified atom stereocenters. The molecule has 0 aromatic heterocycles. The molecule has 0 amide bonds. The maximum Gasteiger partial charge on any atom is 0.417 e. The van der Waals surface area contributed by atoms with Crippen LogP contribution in [0.2, 0.25) is 0 Å². The molecule has 2 aliphatic heterocycles. The van der Waals surface area contributed by atoms with E-state index in [9.17, 15) is 21.6 Å². The van der Waals surface area contributed by atoms with Crippen molar-refractivity contribution in [1.29, 1.82) is 5.26 Å². The van der Waals surface area contributed by atoms with Crippen molar-refractivity contribution >= 4 is 15.9 Å². The lowest BCUT2D eigenvalue weighted by Crippen LogP contribution is -2.53. The molecule has 2 atom stereocenters. The SMILES string of the molecule is COCC12CCN(S(=O)(=O)N(C)C)CC1CN(c1ccc(C#N)c(C(F)(F)F)c1)C2. The number of anilines is 1. The second-order valence-electron chi connectivity index (χ2n) is 8.11. The van der Waals surface area contributed by atoms with Gasteiger partial charge in [-0.1, -0.05) is 0 Å². The number of nitrogens with zero attached hydrogens (tertiary/aromatic N) is 4. The standard InChI is InChI=1S/C19H25F3N4O3S/c1-24(2)30(27,28)26-7-6-18(13-29-3)12-25(10-15(18)11-26)16-5-4-14(9-23)17(8-16)19(20,21)22/h4-5,8,15H,6-7,10-13H2,1-3H3. The van der Waals surface area contributed by atoms with Gasteiger partial charge in [-0.25, -0.2) is 0 Å².